The maximum absolute atomic E-state index is 12.0. The Bertz CT molecular complexity index is 595. The zero-order valence-corrected chi connectivity index (χ0v) is 11.5. The number of carbonyl (C=O) groups is 2. The highest BCUT2D eigenvalue weighted by atomic mass is 35.5. The second-order valence-corrected chi connectivity index (χ2v) is 5.66. The number of benzene rings is 1. The number of carbonyl (C=O) groups excluding carboxylic acids is 1. The minimum absolute atomic E-state index is 0.233. The van der Waals surface area contributed by atoms with Gasteiger partial charge in [0, 0.05) is 23.6 Å². The van der Waals surface area contributed by atoms with Crippen LogP contribution in [0.4, 0.5) is 0 Å². The van der Waals surface area contributed by atoms with Gasteiger partial charge in [0.1, 0.15) is 11.2 Å². The first-order valence-electron chi connectivity index (χ1n) is 6.49. The molecule has 0 aromatic heterocycles. The maximum atomic E-state index is 12.0. The lowest BCUT2D eigenvalue weighted by molar-refractivity contribution is -0.149. The van der Waals surface area contributed by atoms with Crippen LogP contribution < -0.4 is 10.1 Å². The van der Waals surface area contributed by atoms with Gasteiger partial charge >= 0.3 is 5.97 Å². The van der Waals surface area contributed by atoms with Crippen LogP contribution in [0, 0.1) is 5.41 Å². The van der Waals surface area contributed by atoms with E-state index in [0.717, 1.165) is 23.3 Å². The largest absolute Gasteiger partial charge is 0.493 e. The fourth-order valence-corrected chi connectivity index (χ4v) is 2.75. The van der Waals surface area contributed by atoms with Gasteiger partial charge < -0.3 is 15.2 Å². The molecule has 0 spiro atoms. The van der Waals surface area contributed by atoms with Crippen molar-refractivity contribution in [2.45, 2.75) is 25.8 Å². The summed E-state index contributed by atoms with van der Waals surface area (Å²) in [5, 5.41) is 12.3. The number of fused-ring (bicyclic) bond motifs is 1. The van der Waals surface area contributed by atoms with E-state index < -0.39 is 17.3 Å². The van der Waals surface area contributed by atoms with Crippen LogP contribution in [-0.2, 0) is 22.6 Å². The fourth-order valence-electron chi connectivity index (χ4n) is 2.49. The summed E-state index contributed by atoms with van der Waals surface area (Å²) in [4.78, 5) is 23.0. The Morgan fingerprint density at radius 1 is 1.40 bits per heavy atom. The lowest BCUT2D eigenvalue weighted by atomic mass is 10.1. The van der Waals surface area contributed by atoms with Crippen molar-refractivity contribution in [3.8, 4) is 5.75 Å². The van der Waals surface area contributed by atoms with E-state index in [2.05, 4.69) is 5.32 Å². The van der Waals surface area contributed by atoms with E-state index >= 15 is 0 Å². The van der Waals surface area contributed by atoms with Gasteiger partial charge in [-0.05, 0) is 30.5 Å². The molecule has 6 heteroatoms. The molecule has 0 unspecified atom stereocenters. The molecule has 1 amide bonds. The highest BCUT2D eigenvalue weighted by Crippen LogP contribution is 2.46. The van der Waals surface area contributed by atoms with Crippen LogP contribution in [0.1, 0.15) is 24.0 Å². The van der Waals surface area contributed by atoms with E-state index in [1.54, 1.807) is 6.07 Å². The summed E-state index contributed by atoms with van der Waals surface area (Å²) in [5.41, 5.74) is 0.600. The van der Waals surface area contributed by atoms with Crippen molar-refractivity contribution in [3.63, 3.8) is 0 Å². The van der Waals surface area contributed by atoms with E-state index in [-0.39, 0.29) is 6.54 Å². The summed E-state index contributed by atoms with van der Waals surface area (Å²) in [5.74, 6) is -0.728. The molecular weight excluding hydrogens is 282 g/mol. The number of carboxylic acids is 1. The Morgan fingerprint density at radius 3 is 2.80 bits per heavy atom. The van der Waals surface area contributed by atoms with E-state index in [1.165, 1.54) is 0 Å². The Balaban J connectivity index is 1.74. The topological polar surface area (TPSA) is 75.6 Å². The van der Waals surface area contributed by atoms with Crippen molar-refractivity contribution < 1.29 is 19.4 Å². The van der Waals surface area contributed by atoms with Crippen LogP contribution >= 0.6 is 11.6 Å². The number of nitrogens with one attached hydrogen (secondary N) is 1. The van der Waals surface area contributed by atoms with Crippen LogP contribution in [-0.4, -0.2) is 23.6 Å². The van der Waals surface area contributed by atoms with Crippen molar-refractivity contribution in [2.75, 3.05) is 6.61 Å². The SMILES string of the molecule is O=C(O)C1(C(=O)NCc2cc(Cl)cc3c2OCC3)CC1. The van der Waals surface area contributed by atoms with Crippen LogP contribution in [0.25, 0.3) is 0 Å². The molecule has 2 N–H and O–H groups in total. The summed E-state index contributed by atoms with van der Waals surface area (Å²) in [6, 6.07) is 3.60. The zero-order chi connectivity index (χ0) is 14.3. The molecule has 106 valence electrons. The molecular formula is C14H14ClNO4. The lowest BCUT2D eigenvalue weighted by Crippen LogP contribution is -2.36. The van der Waals surface area contributed by atoms with Gasteiger partial charge in [0.05, 0.1) is 6.61 Å². The van der Waals surface area contributed by atoms with Crippen molar-refractivity contribution in [1.29, 1.82) is 0 Å². The van der Waals surface area contributed by atoms with Gasteiger partial charge in [0.2, 0.25) is 5.91 Å². The molecule has 1 aromatic carbocycles. The molecule has 1 saturated carbocycles. The molecule has 1 aliphatic carbocycles. The Labute approximate surface area is 120 Å². The van der Waals surface area contributed by atoms with Crippen molar-refractivity contribution in [1.82, 2.24) is 5.32 Å². The van der Waals surface area contributed by atoms with Crippen molar-refractivity contribution >= 4 is 23.5 Å². The summed E-state index contributed by atoms with van der Waals surface area (Å²) >= 11 is 6.03. The monoisotopic (exact) mass is 295 g/mol. The van der Waals surface area contributed by atoms with Gasteiger partial charge in [-0.25, -0.2) is 0 Å². The van der Waals surface area contributed by atoms with E-state index in [0.29, 0.717) is 24.5 Å². The summed E-state index contributed by atoms with van der Waals surface area (Å²) in [6.07, 6.45) is 1.60. The molecule has 0 bridgehead atoms. The summed E-state index contributed by atoms with van der Waals surface area (Å²) < 4.78 is 5.54. The van der Waals surface area contributed by atoms with Gasteiger partial charge in [-0.3, -0.25) is 9.59 Å². The third kappa shape index (κ3) is 2.12. The van der Waals surface area contributed by atoms with Gasteiger partial charge in [-0.2, -0.15) is 0 Å². The standard InChI is InChI=1S/C14H14ClNO4/c15-10-5-8-1-4-20-11(8)9(6-10)7-16-12(17)14(2-3-14)13(18)19/h5-6H,1-4,7H2,(H,16,17)(H,18,19). The maximum Gasteiger partial charge on any atom is 0.319 e. The van der Waals surface area contributed by atoms with Gasteiger partial charge in [-0.15, -0.1) is 0 Å². The normalized spacial score (nSPS) is 18.1. The first-order chi connectivity index (χ1) is 9.53. The molecule has 0 saturated heterocycles. The molecule has 2 aliphatic rings. The summed E-state index contributed by atoms with van der Waals surface area (Å²) in [6.45, 7) is 0.840. The predicted molar refractivity (Wildman–Crippen MR) is 71.8 cm³/mol. The predicted octanol–water partition coefficient (Wildman–Crippen LogP) is 1.76. The highest BCUT2D eigenvalue weighted by molar-refractivity contribution is 6.30. The third-order valence-corrected chi connectivity index (χ3v) is 4.08. The number of hydrogen-bond acceptors (Lipinski definition) is 3. The van der Waals surface area contributed by atoms with E-state index in [4.69, 9.17) is 21.4 Å². The molecule has 5 nitrogen and oxygen atoms in total. The van der Waals surface area contributed by atoms with Crippen molar-refractivity contribution in [3.05, 3.63) is 28.3 Å². The van der Waals surface area contributed by atoms with Crippen LogP contribution in [0.5, 0.6) is 5.75 Å². The van der Waals surface area contributed by atoms with Gasteiger partial charge in [0.15, 0.2) is 0 Å². The van der Waals surface area contributed by atoms with Crippen LogP contribution in [0.3, 0.4) is 0 Å². The average molecular weight is 296 g/mol. The number of halogens is 1. The average Bonchev–Trinajstić information content (AvgIpc) is 3.09. The minimum atomic E-state index is -1.22. The van der Waals surface area contributed by atoms with Crippen molar-refractivity contribution in [2.24, 2.45) is 5.41 Å². The third-order valence-electron chi connectivity index (χ3n) is 3.86. The van der Waals surface area contributed by atoms with Gasteiger partial charge in [0.25, 0.3) is 0 Å². The highest BCUT2D eigenvalue weighted by Gasteiger charge is 2.56. The van der Waals surface area contributed by atoms with Gasteiger partial charge in [-0.1, -0.05) is 11.6 Å². The van der Waals surface area contributed by atoms with E-state index in [9.17, 15) is 9.59 Å². The Morgan fingerprint density at radius 2 is 2.15 bits per heavy atom. The number of aliphatic carboxylic acids is 1. The van der Waals surface area contributed by atoms with E-state index in [1.807, 2.05) is 6.07 Å². The van der Waals surface area contributed by atoms with Crippen LogP contribution in [0.15, 0.2) is 12.1 Å². The molecule has 1 heterocycles. The number of amides is 1. The number of hydrogen-bond donors (Lipinski definition) is 2. The Kier molecular flexibility index (Phi) is 3.09. The molecule has 1 aliphatic heterocycles. The first-order valence-corrected chi connectivity index (χ1v) is 6.86. The number of ether oxygens (including phenoxy) is 1. The lowest BCUT2D eigenvalue weighted by Gasteiger charge is -2.13. The molecule has 0 atom stereocenters. The smallest absolute Gasteiger partial charge is 0.319 e. The second-order valence-electron chi connectivity index (χ2n) is 5.22. The first kappa shape index (κ1) is 13.2. The Hall–Kier alpha value is -1.75. The molecule has 20 heavy (non-hydrogen) atoms. The molecule has 1 fully saturated rings. The number of carboxylic acid groups (broad SMARTS) is 1. The second kappa shape index (κ2) is 4.66. The number of rotatable bonds is 4. The van der Waals surface area contributed by atoms with Crippen LogP contribution in [0.2, 0.25) is 5.02 Å². The minimum Gasteiger partial charge on any atom is -0.493 e. The summed E-state index contributed by atoms with van der Waals surface area (Å²) in [7, 11) is 0. The fraction of sp³-hybridized carbons (Fsp3) is 0.429. The zero-order valence-electron chi connectivity index (χ0n) is 10.7. The molecule has 1 aromatic rings. The molecule has 3 rings (SSSR count). The molecule has 0 radical (unpaired) electrons. The quantitative estimate of drug-likeness (QED) is 0.830.